The highest BCUT2D eigenvalue weighted by molar-refractivity contribution is 6.30. The zero-order valence-electron chi connectivity index (χ0n) is 10.2. The Hall–Kier alpha value is -0.570. The molecule has 0 saturated carbocycles. The van der Waals surface area contributed by atoms with Gasteiger partial charge in [-0.25, -0.2) is 0 Å². The maximum atomic E-state index is 9.43. The van der Waals surface area contributed by atoms with Crippen molar-refractivity contribution in [1.29, 1.82) is 0 Å². The predicted octanol–water partition coefficient (Wildman–Crippen LogP) is 2.93. The molecule has 0 aliphatic rings. The van der Waals surface area contributed by atoms with Crippen LogP contribution in [-0.2, 0) is 6.54 Å². The summed E-state index contributed by atoms with van der Waals surface area (Å²) in [5.74, 6) is 0. The molecule has 0 heterocycles. The molecule has 1 rings (SSSR count). The monoisotopic (exact) mass is 241 g/mol. The highest BCUT2D eigenvalue weighted by Crippen LogP contribution is 2.13. The van der Waals surface area contributed by atoms with Crippen LogP contribution in [0.15, 0.2) is 24.3 Å². The SMILES string of the molecule is CC(O)CN(Cc1ccc(Cl)cc1)C(C)C. The number of halogens is 1. The van der Waals surface area contributed by atoms with Gasteiger partial charge in [-0.2, -0.15) is 0 Å². The van der Waals surface area contributed by atoms with Crippen LogP contribution in [0.25, 0.3) is 0 Å². The van der Waals surface area contributed by atoms with Crippen LogP contribution in [0.5, 0.6) is 0 Å². The molecule has 0 radical (unpaired) electrons. The molecule has 90 valence electrons. The summed E-state index contributed by atoms with van der Waals surface area (Å²) in [7, 11) is 0. The molecule has 1 N–H and O–H groups in total. The number of aliphatic hydroxyl groups is 1. The zero-order chi connectivity index (χ0) is 12.1. The minimum atomic E-state index is -0.297. The molecule has 0 saturated heterocycles. The summed E-state index contributed by atoms with van der Waals surface area (Å²) in [6.07, 6.45) is -0.297. The lowest BCUT2D eigenvalue weighted by Crippen LogP contribution is -2.36. The number of hydrogen-bond donors (Lipinski definition) is 1. The first-order valence-corrected chi connectivity index (χ1v) is 6.03. The second-order valence-electron chi connectivity index (χ2n) is 4.50. The Balaban J connectivity index is 2.64. The van der Waals surface area contributed by atoms with Crippen molar-refractivity contribution >= 4 is 11.6 Å². The van der Waals surface area contributed by atoms with E-state index in [2.05, 4.69) is 18.7 Å². The Morgan fingerprint density at radius 2 is 1.75 bits per heavy atom. The molecule has 2 nitrogen and oxygen atoms in total. The third kappa shape index (κ3) is 4.52. The van der Waals surface area contributed by atoms with E-state index in [0.717, 1.165) is 11.6 Å². The van der Waals surface area contributed by atoms with Gasteiger partial charge >= 0.3 is 0 Å². The van der Waals surface area contributed by atoms with Crippen LogP contribution in [-0.4, -0.2) is 28.7 Å². The van der Waals surface area contributed by atoms with E-state index in [1.54, 1.807) is 0 Å². The molecule has 0 aliphatic carbocycles. The van der Waals surface area contributed by atoms with Crippen molar-refractivity contribution in [2.24, 2.45) is 0 Å². The third-order valence-corrected chi connectivity index (χ3v) is 2.78. The van der Waals surface area contributed by atoms with Crippen molar-refractivity contribution in [1.82, 2.24) is 4.90 Å². The molecule has 0 fully saturated rings. The average molecular weight is 242 g/mol. The Kier molecular flexibility index (Phi) is 5.26. The van der Waals surface area contributed by atoms with Crippen LogP contribution in [0.2, 0.25) is 5.02 Å². The lowest BCUT2D eigenvalue weighted by molar-refractivity contribution is 0.103. The Morgan fingerprint density at radius 3 is 2.19 bits per heavy atom. The summed E-state index contributed by atoms with van der Waals surface area (Å²) in [5.41, 5.74) is 1.22. The highest BCUT2D eigenvalue weighted by Gasteiger charge is 2.12. The van der Waals surface area contributed by atoms with Gasteiger partial charge in [0.2, 0.25) is 0 Å². The van der Waals surface area contributed by atoms with Gasteiger partial charge in [-0.1, -0.05) is 23.7 Å². The molecule has 0 spiro atoms. The largest absolute Gasteiger partial charge is 0.392 e. The van der Waals surface area contributed by atoms with E-state index < -0.39 is 0 Å². The molecule has 1 aromatic carbocycles. The molecule has 0 amide bonds. The number of hydrogen-bond acceptors (Lipinski definition) is 2. The topological polar surface area (TPSA) is 23.5 Å². The van der Waals surface area contributed by atoms with Gasteiger partial charge < -0.3 is 5.11 Å². The van der Waals surface area contributed by atoms with Gasteiger partial charge in [-0.15, -0.1) is 0 Å². The first-order chi connectivity index (χ1) is 7.49. The molecule has 3 heteroatoms. The lowest BCUT2D eigenvalue weighted by atomic mass is 10.2. The first-order valence-electron chi connectivity index (χ1n) is 5.65. The molecule has 0 aliphatic heterocycles. The number of aliphatic hydroxyl groups excluding tert-OH is 1. The summed E-state index contributed by atoms with van der Waals surface area (Å²) in [5, 5.41) is 10.2. The van der Waals surface area contributed by atoms with Gasteiger partial charge in [-0.3, -0.25) is 4.90 Å². The van der Waals surface area contributed by atoms with E-state index in [0.29, 0.717) is 12.6 Å². The second kappa shape index (κ2) is 6.24. The van der Waals surface area contributed by atoms with Gasteiger partial charge in [0.15, 0.2) is 0 Å². The van der Waals surface area contributed by atoms with Crippen LogP contribution < -0.4 is 0 Å². The van der Waals surface area contributed by atoms with Crippen LogP contribution in [0.3, 0.4) is 0 Å². The molecular formula is C13H20ClNO. The number of rotatable bonds is 5. The van der Waals surface area contributed by atoms with Crippen LogP contribution in [0.4, 0.5) is 0 Å². The van der Waals surface area contributed by atoms with Crippen molar-refractivity contribution in [3.63, 3.8) is 0 Å². The Morgan fingerprint density at radius 1 is 1.19 bits per heavy atom. The van der Waals surface area contributed by atoms with Gasteiger partial charge in [0, 0.05) is 24.2 Å². The van der Waals surface area contributed by atoms with Crippen molar-refractivity contribution in [3.05, 3.63) is 34.9 Å². The zero-order valence-corrected chi connectivity index (χ0v) is 10.9. The quantitative estimate of drug-likeness (QED) is 0.857. The van der Waals surface area contributed by atoms with Crippen molar-refractivity contribution in [2.45, 2.75) is 39.5 Å². The van der Waals surface area contributed by atoms with E-state index in [-0.39, 0.29) is 6.10 Å². The molecule has 1 aromatic rings. The molecule has 0 aromatic heterocycles. The summed E-state index contributed by atoms with van der Waals surface area (Å²) in [6.45, 7) is 7.63. The molecule has 1 unspecified atom stereocenters. The van der Waals surface area contributed by atoms with Gasteiger partial charge in [0.25, 0.3) is 0 Å². The normalized spacial score (nSPS) is 13.4. The maximum Gasteiger partial charge on any atom is 0.0639 e. The van der Waals surface area contributed by atoms with Gasteiger partial charge in [0.1, 0.15) is 0 Å². The van der Waals surface area contributed by atoms with Crippen LogP contribution >= 0.6 is 11.6 Å². The minimum absolute atomic E-state index is 0.297. The van der Waals surface area contributed by atoms with Crippen molar-refractivity contribution in [2.75, 3.05) is 6.54 Å². The fraction of sp³-hybridized carbons (Fsp3) is 0.538. The third-order valence-electron chi connectivity index (χ3n) is 2.53. The number of nitrogens with zero attached hydrogens (tertiary/aromatic N) is 1. The van der Waals surface area contributed by atoms with Crippen LogP contribution in [0, 0.1) is 0 Å². The summed E-state index contributed by atoms with van der Waals surface area (Å²) in [4.78, 5) is 2.24. The highest BCUT2D eigenvalue weighted by atomic mass is 35.5. The van der Waals surface area contributed by atoms with E-state index in [4.69, 9.17) is 11.6 Å². The first kappa shape index (κ1) is 13.5. The minimum Gasteiger partial charge on any atom is -0.392 e. The van der Waals surface area contributed by atoms with Gasteiger partial charge in [0.05, 0.1) is 6.10 Å². The lowest BCUT2D eigenvalue weighted by Gasteiger charge is -2.27. The maximum absolute atomic E-state index is 9.43. The van der Waals surface area contributed by atoms with E-state index in [1.165, 1.54) is 5.56 Å². The van der Waals surface area contributed by atoms with E-state index >= 15 is 0 Å². The average Bonchev–Trinajstić information content (AvgIpc) is 2.19. The second-order valence-corrected chi connectivity index (χ2v) is 4.94. The fourth-order valence-corrected chi connectivity index (χ4v) is 1.75. The summed E-state index contributed by atoms with van der Waals surface area (Å²) >= 11 is 5.84. The van der Waals surface area contributed by atoms with Crippen molar-refractivity contribution < 1.29 is 5.11 Å². The van der Waals surface area contributed by atoms with E-state index in [1.807, 2.05) is 31.2 Å². The molecule has 0 bridgehead atoms. The van der Waals surface area contributed by atoms with E-state index in [9.17, 15) is 5.11 Å². The standard InChI is InChI=1S/C13H20ClNO/c1-10(2)15(8-11(3)16)9-12-4-6-13(14)7-5-12/h4-7,10-11,16H,8-9H2,1-3H3. The molecular weight excluding hydrogens is 222 g/mol. The number of benzene rings is 1. The molecule has 1 atom stereocenters. The Labute approximate surface area is 103 Å². The van der Waals surface area contributed by atoms with Crippen molar-refractivity contribution in [3.8, 4) is 0 Å². The van der Waals surface area contributed by atoms with Gasteiger partial charge in [-0.05, 0) is 38.5 Å². The predicted molar refractivity (Wildman–Crippen MR) is 68.7 cm³/mol. The smallest absolute Gasteiger partial charge is 0.0639 e. The fourth-order valence-electron chi connectivity index (χ4n) is 1.62. The molecule has 16 heavy (non-hydrogen) atoms. The summed E-state index contributed by atoms with van der Waals surface area (Å²) in [6, 6.07) is 8.28. The van der Waals surface area contributed by atoms with Crippen LogP contribution in [0.1, 0.15) is 26.3 Å². The summed E-state index contributed by atoms with van der Waals surface area (Å²) < 4.78 is 0. The Bertz CT molecular complexity index is 308.